The molecular weight excluding hydrogens is 306 g/mol. The van der Waals surface area contributed by atoms with Crippen LogP contribution in [0.3, 0.4) is 0 Å². The third kappa shape index (κ3) is 2.45. The second-order valence-corrected chi connectivity index (χ2v) is 7.67. The standard InChI is InChI=1S/C19H23NO2S/c1-11(12-7-9-23-10-12)13-6-8-20-16-4-2-15-14(18(13)16)3-5-17(21)19(15)22/h3,5,7,9-11,13,15-16,20-22H,2,4,6,8H2,1H3. The summed E-state index contributed by atoms with van der Waals surface area (Å²) >= 11 is 1.76. The molecule has 0 spiro atoms. The summed E-state index contributed by atoms with van der Waals surface area (Å²) in [4.78, 5) is 0. The van der Waals surface area contributed by atoms with Crippen molar-refractivity contribution in [2.24, 2.45) is 11.8 Å². The lowest BCUT2D eigenvalue weighted by molar-refractivity contribution is 0.257. The van der Waals surface area contributed by atoms with Crippen molar-refractivity contribution in [2.75, 3.05) is 6.54 Å². The number of aliphatic hydroxyl groups is 2. The molecule has 1 aromatic heterocycles. The highest BCUT2D eigenvalue weighted by molar-refractivity contribution is 7.07. The molecule has 0 aromatic carbocycles. The van der Waals surface area contributed by atoms with Gasteiger partial charge in [0.1, 0.15) is 5.76 Å². The first-order valence-corrected chi connectivity index (χ1v) is 9.40. The van der Waals surface area contributed by atoms with E-state index in [1.165, 1.54) is 16.7 Å². The first-order valence-electron chi connectivity index (χ1n) is 8.46. The van der Waals surface area contributed by atoms with Gasteiger partial charge in [0.2, 0.25) is 0 Å². The fourth-order valence-corrected chi connectivity index (χ4v) is 5.28. The smallest absolute Gasteiger partial charge is 0.153 e. The van der Waals surface area contributed by atoms with Gasteiger partial charge in [-0.3, -0.25) is 0 Å². The minimum atomic E-state index is -0.0247. The molecule has 1 aliphatic heterocycles. The maximum absolute atomic E-state index is 10.3. The Labute approximate surface area is 141 Å². The average Bonchev–Trinajstić information content (AvgIpc) is 3.11. The Morgan fingerprint density at radius 2 is 2.09 bits per heavy atom. The predicted molar refractivity (Wildman–Crippen MR) is 93.8 cm³/mol. The molecule has 4 rings (SSSR count). The Balaban J connectivity index is 1.77. The minimum absolute atomic E-state index is 0.0247. The minimum Gasteiger partial charge on any atom is -0.508 e. The summed E-state index contributed by atoms with van der Waals surface area (Å²) in [5, 5.41) is 28.2. The fourth-order valence-electron chi connectivity index (χ4n) is 4.51. The van der Waals surface area contributed by atoms with Gasteiger partial charge in [-0.2, -0.15) is 11.3 Å². The second-order valence-electron chi connectivity index (χ2n) is 6.89. The van der Waals surface area contributed by atoms with Crippen molar-refractivity contribution in [3.8, 4) is 0 Å². The van der Waals surface area contributed by atoms with Crippen LogP contribution in [0, 0.1) is 11.8 Å². The van der Waals surface area contributed by atoms with Crippen LogP contribution in [0.1, 0.15) is 37.7 Å². The van der Waals surface area contributed by atoms with Gasteiger partial charge in [-0.05, 0) is 77.3 Å². The number of piperidine rings is 1. The van der Waals surface area contributed by atoms with E-state index in [-0.39, 0.29) is 17.4 Å². The van der Waals surface area contributed by atoms with Gasteiger partial charge >= 0.3 is 0 Å². The third-order valence-corrected chi connectivity index (χ3v) is 6.46. The molecule has 4 atom stereocenters. The number of thiophene rings is 1. The normalized spacial score (nSPS) is 31.8. The molecule has 4 heteroatoms. The molecular formula is C19H23NO2S. The summed E-state index contributed by atoms with van der Waals surface area (Å²) in [6.07, 6.45) is 6.74. The Morgan fingerprint density at radius 1 is 1.22 bits per heavy atom. The summed E-state index contributed by atoms with van der Waals surface area (Å²) in [6.45, 7) is 3.38. The van der Waals surface area contributed by atoms with Crippen molar-refractivity contribution in [2.45, 2.75) is 38.1 Å². The quantitative estimate of drug-likeness (QED) is 0.752. The van der Waals surface area contributed by atoms with Crippen LogP contribution >= 0.6 is 11.3 Å². The van der Waals surface area contributed by atoms with E-state index in [4.69, 9.17) is 0 Å². The van der Waals surface area contributed by atoms with E-state index in [0.29, 0.717) is 17.9 Å². The van der Waals surface area contributed by atoms with E-state index in [0.717, 1.165) is 25.8 Å². The lowest BCUT2D eigenvalue weighted by Crippen LogP contribution is -2.45. The molecule has 4 unspecified atom stereocenters. The van der Waals surface area contributed by atoms with Gasteiger partial charge in [-0.15, -0.1) is 0 Å². The zero-order valence-corrected chi connectivity index (χ0v) is 14.1. The van der Waals surface area contributed by atoms with Gasteiger partial charge in [-0.1, -0.05) is 13.0 Å². The molecule has 2 aliphatic carbocycles. The maximum atomic E-state index is 10.3. The Bertz CT molecular complexity index is 686. The topological polar surface area (TPSA) is 52.5 Å². The molecule has 2 heterocycles. The zero-order chi connectivity index (χ0) is 16.0. The molecule has 23 heavy (non-hydrogen) atoms. The van der Waals surface area contributed by atoms with E-state index in [1.807, 2.05) is 6.08 Å². The first kappa shape index (κ1) is 15.0. The van der Waals surface area contributed by atoms with Gasteiger partial charge in [0.15, 0.2) is 5.76 Å². The van der Waals surface area contributed by atoms with Crippen LogP contribution in [0.25, 0.3) is 0 Å². The van der Waals surface area contributed by atoms with Crippen molar-refractivity contribution < 1.29 is 10.2 Å². The van der Waals surface area contributed by atoms with Crippen molar-refractivity contribution in [3.63, 3.8) is 0 Å². The lowest BCUT2D eigenvalue weighted by atomic mass is 9.67. The van der Waals surface area contributed by atoms with Crippen LogP contribution in [-0.2, 0) is 0 Å². The maximum Gasteiger partial charge on any atom is 0.153 e. The van der Waals surface area contributed by atoms with Crippen LogP contribution in [0.2, 0.25) is 0 Å². The van der Waals surface area contributed by atoms with Crippen LogP contribution in [0.15, 0.2) is 51.6 Å². The summed E-state index contributed by atoms with van der Waals surface area (Å²) in [6, 6.07) is 2.65. The van der Waals surface area contributed by atoms with Crippen molar-refractivity contribution >= 4 is 11.3 Å². The zero-order valence-electron chi connectivity index (χ0n) is 13.3. The molecule has 1 fully saturated rings. The number of allylic oxidation sites excluding steroid dienone is 3. The lowest BCUT2D eigenvalue weighted by Gasteiger charge is -2.43. The van der Waals surface area contributed by atoms with Crippen molar-refractivity contribution in [1.29, 1.82) is 0 Å². The number of rotatable bonds is 2. The Hall–Kier alpha value is -1.52. The molecule has 1 aromatic rings. The molecule has 3 N–H and O–H groups in total. The van der Waals surface area contributed by atoms with Gasteiger partial charge in [-0.25, -0.2) is 0 Å². The van der Waals surface area contributed by atoms with Gasteiger partial charge < -0.3 is 15.5 Å². The van der Waals surface area contributed by atoms with Crippen molar-refractivity contribution in [1.82, 2.24) is 5.32 Å². The number of nitrogens with one attached hydrogen (secondary N) is 1. The van der Waals surface area contributed by atoms with Gasteiger partial charge in [0, 0.05) is 12.0 Å². The highest BCUT2D eigenvalue weighted by Gasteiger charge is 2.40. The third-order valence-electron chi connectivity index (χ3n) is 5.76. The molecule has 3 aliphatic rings. The average molecular weight is 329 g/mol. The van der Waals surface area contributed by atoms with Crippen LogP contribution in [0.4, 0.5) is 0 Å². The van der Waals surface area contributed by atoms with Gasteiger partial charge in [0.05, 0.1) is 0 Å². The van der Waals surface area contributed by atoms with E-state index in [1.54, 1.807) is 17.4 Å². The largest absolute Gasteiger partial charge is 0.508 e. The summed E-state index contributed by atoms with van der Waals surface area (Å²) < 4.78 is 0. The number of aliphatic hydroxyl groups excluding tert-OH is 2. The van der Waals surface area contributed by atoms with E-state index < -0.39 is 0 Å². The number of hydrogen-bond acceptors (Lipinski definition) is 4. The van der Waals surface area contributed by atoms with Crippen LogP contribution in [0.5, 0.6) is 0 Å². The SMILES string of the molecule is CC(c1ccsc1)C1CCNC2CCC3C(O)=C(O)C=CC3=C21. The highest BCUT2D eigenvalue weighted by Crippen LogP contribution is 2.46. The van der Waals surface area contributed by atoms with E-state index in [9.17, 15) is 10.2 Å². The fraction of sp³-hybridized carbons (Fsp3) is 0.474. The van der Waals surface area contributed by atoms with Crippen LogP contribution in [-0.4, -0.2) is 22.8 Å². The predicted octanol–water partition coefficient (Wildman–Crippen LogP) is 4.43. The monoisotopic (exact) mass is 329 g/mol. The number of fused-ring (bicyclic) bond motifs is 2. The second kappa shape index (κ2) is 5.84. The molecule has 3 nitrogen and oxygen atoms in total. The highest BCUT2D eigenvalue weighted by atomic mass is 32.1. The molecule has 1 saturated heterocycles. The number of hydrogen-bond donors (Lipinski definition) is 3. The van der Waals surface area contributed by atoms with Gasteiger partial charge in [0.25, 0.3) is 0 Å². The summed E-state index contributed by atoms with van der Waals surface area (Å²) in [7, 11) is 0. The van der Waals surface area contributed by atoms with E-state index >= 15 is 0 Å². The Kier molecular flexibility index (Phi) is 3.82. The van der Waals surface area contributed by atoms with E-state index in [2.05, 4.69) is 29.1 Å². The molecule has 122 valence electrons. The molecule has 0 saturated carbocycles. The summed E-state index contributed by atoms with van der Waals surface area (Å²) in [5.41, 5.74) is 4.11. The summed E-state index contributed by atoms with van der Waals surface area (Å²) in [5.74, 6) is 1.15. The molecule has 0 radical (unpaired) electrons. The Morgan fingerprint density at radius 3 is 2.87 bits per heavy atom. The van der Waals surface area contributed by atoms with Crippen LogP contribution < -0.4 is 5.32 Å². The first-order chi connectivity index (χ1) is 11.2. The molecule has 0 bridgehead atoms. The molecule has 0 amide bonds. The van der Waals surface area contributed by atoms with Crippen molar-refractivity contribution in [3.05, 3.63) is 57.2 Å².